The number of anilines is 1. The molecule has 0 spiro atoms. The lowest BCUT2D eigenvalue weighted by Gasteiger charge is -2.45. The smallest absolute Gasteiger partial charge is 0.261 e. The number of nitrogens with zero attached hydrogens (tertiary/aromatic N) is 1. The first-order valence-corrected chi connectivity index (χ1v) is 12.0. The van der Waals surface area contributed by atoms with E-state index in [0.717, 1.165) is 13.1 Å². The number of para-hydroxylation sites is 1. The highest BCUT2D eigenvalue weighted by molar-refractivity contribution is 7.92. The van der Waals surface area contributed by atoms with Gasteiger partial charge in [0.25, 0.3) is 15.9 Å². The van der Waals surface area contributed by atoms with Crippen molar-refractivity contribution < 1.29 is 22.3 Å². The summed E-state index contributed by atoms with van der Waals surface area (Å²) in [7, 11) is -3.98. The molecule has 3 rings (SSSR count). The van der Waals surface area contributed by atoms with Gasteiger partial charge < -0.3 is 10.1 Å². The topological polar surface area (TPSA) is 87.7 Å². The highest BCUT2D eigenvalue weighted by atomic mass is 32.2. The van der Waals surface area contributed by atoms with Gasteiger partial charge in [-0.2, -0.15) is 0 Å². The van der Waals surface area contributed by atoms with E-state index in [4.69, 9.17) is 4.74 Å². The fourth-order valence-electron chi connectivity index (χ4n) is 3.72. The summed E-state index contributed by atoms with van der Waals surface area (Å²) in [6.07, 6.45) is 0.252. The van der Waals surface area contributed by atoms with Crippen LogP contribution in [0.2, 0.25) is 0 Å². The monoisotopic (exact) mass is 463 g/mol. The van der Waals surface area contributed by atoms with Crippen LogP contribution in [-0.4, -0.2) is 56.6 Å². The Morgan fingerprint density at radius 3 is 2.28 bits per heavy atom. The summed E-state index contributed by atoms with van der Waals surface area (Å²) in [5, 5.41) is 2.94. The van der Waals surface area contributed by atoms with Crippen LogP contribution in [0.5, 0.6) is 0 Å². The van der Waals surface area contributed by atoms with Gasteiger partial charge in [0.1, 0.15) is 5.82 Å². The van der Waals surface area contributed by atoms with Crippen molar-refractivity contribution in [1.82, 2.24) is 10.2 Å². The second kappa shape index (κ2) is 9.56. The van der Waals surface area contributed by atoms with Crippen molar-refractivity contribution >= 4 is 21.6 Å². The molecule has 0 radical (unpaired) electrons. The predicted octanol–water partition coefficient (Wildman–Crippen LogP) is 3.24. The lowest BCUT2D eigenvalue weighted by Crippen LogP contribution is -2.58. The normalized spacial score (nSPS) is 20.0. The molecule has 0 aromatic heterocycles. The van der Waals surface area contributed by atoms with E-state index in [1.165, 1.54) is 48.5 Å². The lowest BCUT2D eigenvalue weighted by atomic mass is 10.00. The maximum Gasteiger partial charge on any atom is 0.261 e. The third-order valence-corrected chi connectivity index (χ3v) is 6.88. The first-order valence-electron chi connectivity index (χ1n) is 10.5. The molecule has 1 heterocycles. The van der Waals surface area contributed by atoms with E-state index in [9.17, 15) is 17.6 Å². The number of morpholine rings is 1. The fourth-order valence-corrected chi connectivity index (χ4v) is 4.78. The molecule has 32 heavy (non-hydrogen) atoms. The first-order chi connectivity index (χ1) is 15.0. The van der Waals surface area contributed by atoms with Crippen LogP contribution in [0.1, 0.15) is 38.1 Å². The van der Waals surface area contributed by atoms with Crippen LogP contribution in [0.4, 0.5) is 10.1 Å². The maximum absolute atomic E-state index is 13.8. The van der Waals surface area contributed by atoms with Gasteiger partial charge in [-0.1, -0.05) is 12.1 Å². The summed E-state index contributed by atoms with van der Waals surface area (Å²) in [5.41, 5.74) is -0.0628. The zero-order chi connectivity index (χ0) is 23.5. The van der Waals surface area contributed by atoms with Gasteiger partial charge in [-0.15, -0.1) is 0 Å². The van der Waals surface area contributed by atoms with E-state index in [1.54, 1.807) is 0 Å². The van der Waals surface area contributed by atoms with Crippen LogP contribution in [0.15, 0.2) is 53.4 Å². The highest BCUT2D eigenvalue weighted by Crippen LogP contribution is 2.22. The lowest BCUT2D eigenvalue weighted by molar-refractivity contribution is -0.0948. The SMILES string of the molecule is C[C@@H]1CN(C(C)(C)CNC(=O)c2ccc(S(=O)(=O)Nc3ccccc3F)cc2)C[C@@H](C)O1. The van der Waals surface area contributed by atoms with Gasteiger partial charge >= 0.3 is 0 Å². The number of rotatable bonds is 7. The zero-order valence-electron chi connectivity index (χ0n) is 18.8. The molecule has 2 atom stereocenters. The Kier molecular flexibility index (Phi) is 7.22. The number of amides is 1. The van der Waals surface area contributed by atoms with Crippen LogP contribution in [0.3, 0.4) is 0 Å². The molecule has 2 aromatic rings. The molecular formula is C23H30FN3O4S. The zero-order valence-corrected chi connectivity index (χ0v) is 19.6. The summed E-state index contributed by atoms with van der Waals surface area (Å²) in [6.45, 7) is 10.2. The van der Waals surface area contributed by atoms with Gasteiger partial charge in [0.15, 0.2) is 0 Å². The van der Waals surface area contributed by atoms with E-state index >= 15 is 0 Å². The summed E-state index contributed by atoms with van der Waals surface area (Å²) in [6, 6.07) is 11.1. The molecular weight excluding hydrogens is 433 g/mol. The van der Waals surface area contributed by atoms with Crippen molar-refractivity contribution in [2.45, 2.75) is 50.3 Å². The largest absolute Gasteiger partial charge is 0.373 e. The summed E-state index contributed by atoms with van der Waals surface area (Å²) in [4.78, 5) is 14.9. The number of hydrogen-bond donors (Lipinski definition) is 2. The van der Waals surface area contributed by atoms with Crippen molar-refractivity contribution in [1.29, 1.82) is 0 Å². The number of sulfonamides is 1. The van der Waals surface area contributed by atoms with Crippen molar-refractivity contribution in [3.63, 3.8) is 0 Å². The highest BCUT2D eigenvalue weighted by Gasteiger charge is 2.33. The quantitative estimate of drug-likeness (QED) is 0.658. The number of hydrogen-bond acceptors (Lipinski definition) is 5. The molecule has 1 saturated heterocycles. The number of carbonyl (C=O) groups is 1. The summed E-state index contributed by atoms with van der Waals surface area (Å²) < 4.78 is 46.8. The number of benzene rings is 2. The standard InChI is InChI=1S/C23H30FN3O4S/c1-16-13-27(14-17(2)31-16)23(3,4)15-25-22(28)18-9-11-19(12-10-18)32(29,30)26-21-8-6-5-7-20(21)24/h5-12,16-17,26H,13-15H2,1-4H3,(H,25,28)/t16-,17-/m1/s1. The van der Waals surface area contributed by atoms with Gasteiger partial charge in [-0.3, -0.25) is 14.4 Å². The number of nitrogens with one attached hydrogen (secondary N) is 2. The molecule has 1 aliphatic heterocycles. The third kappa shape index (κ3) is 5.85. The van der Waals surface area contributed by atoms with Crippen molar-refractivity contribution in [3.05, 3.63) is 59.9 Å². The van der Waals surface area contributed by atoms with E-state index < -0.39 is 15.8 Å². The minimum absolute atomic E-state index is 0.0612. The number of carbonyl (C=O) groups excluding carboxylic acids is 1. The Morgan fingerprint density at radius 2 is 1.69 bits per heavy atom. The van der Waals surface area contributed by atoms with Gasteiger partial charge in [-0.05, 0) is 64.1 Å². The molecule has 2 N–H and O–H groups in total. The van der Waals surface area contributed by atoms with Gasteiger partial charge in [-0.25, -0.2) is 12.8 Å². The molecule has 9 heteroatoms. The van der Waals surface area contributed by atoms with E-state index in [1.807, 2.05) is 13.8 Å². The Hall–Kier alpha value is -2.49. The molecule has 0 unspecified atom stereocenters. The van der Waals surface area contributed by atoms with Gasteiger partial charge in [0.2, 0.25) is 0 Å². The van der Waals surface area contributed by atoms with Crippen LogP contribution < -0.4 is 10.0 Å². The average molecular weight is 464 g/mol. The molecule has 174 valence electrons. The van der Waals surface area contributed by atoms with E-state index in [0.29, 0.717) is 12.1 Å². The predicted molar refractivity (Wildman–Crippen MR) is 122 cm³/mol. The minimum atomic E-state index is -3.98. The summed E-state index contributed by atoms with van der Waals surface area (Å²) >= 11 is 0. The molecule has 1 aliphatic rings. The first kappa shape index (κ1) is 24.2. The molecule has 2 aromatic carbocycles. The van der Waals surface area contributed by atoms with Crippen molar-refractivity contribution in [2.24, 2.45) is 0 Å². The second-order valence-electron chi connectivity index (χ2n) is 8.77. The maximum atomic E-state index is 13.8. The Bertz CT molecular complexity index is 1050. The third-order valence-electron chi connectivity index (χ3n) is 5.50. The van der Waals surface area contributed by atoms with Crippen molar-refractivity contribution in [3.8, 4) is 0 Å². The van der Waals surface area contributed by atoms with Gasteiger partial charge in [0, 0.05) is 30.7 Å². The number of ether oxygens (including phenoxy) is 1. The second-order valence-corrected chi connectivity index (χ2v) is 10.4. The Morgan fingerprint density at radius 1 is 1.09 bits per heavy atom. The molecule has 1 fully saturated rings. The van der Waals surface area contributed by atoms with Crippen LogP contribution in [0, 0.1) is 5.82 Å². The Labute approximate surface area is 189 Å². The average Bonchev–Trinajstić information content (AvgIpc) is 2.73. The van der Waals surface area contributed by atoms with Crippen molar-refractivity contribution in [2.75, 3.05) is 24.4 Å². The summed E-state index contributed by atoms with van der Waals surface area (Å²) in [5.74, 6) is -0.961. The van der Waals surface area contributed by atoms with E-state index in [2.05, 4.69) is 28.8 Å². The van der Waals surface area contributed by atoms with Crippen LogP contribution in [0.25, 0.3) is 0 Å². The molecule has 7 nitrogen and oxygen atoms in total. The number of halogens is 1. The molecule has 0 aliphatic carbocycles. The van der Waals surface area contributed by atoms with Crippen LogP contribution in [-0.2, 0) is 14.8 Å². The molecule has 1 amide bonds. The van der Waals surface area contributed by atoms with Crippen LogP contribution >= 0.6 is 0 Å². The fraction of sp³-hybridized carbons (Fsp3) is 0.435. The molecule has 0 bridgehead atoms. The molecule has 0 saturated carbocycles. The van der Waals surface area contributed by atoms with Gasteiger partial charge in [0.05, 0.1) is 22.8 Å². The van der Waals surface area contributed by atoms with E-state index in [-0.39, 0.29) is 34.2 Å². The minimum Gasteiger partial charge on any atom is -0.373 e. The Balaban J connectivity index is 1.63.